The molecule has 1 aromatic rings. The van der Waals surface area contributed by atoms with Gasteiger partial charge < -0.3 is 10.0 Å². The highest BCUT2D eigenvalue weighted by molar-refractivity contribution is 7.72. The van der Waals surface area contributed by atoms with Crippen molar-refractivity contribution in [3.8, 4) is 0 Å². The van der Waals surface area contributed by atoms with Crippen LogP contribution in [-0.2, 0) is 10.7 Å². The van der Waals surface area contributed by atoms with Gasteiger partial charge in [-0.2, -0.15) is 0 Å². The Kier molecular flexibility index (Phi) is 2.85. The summed E-state index contributed by atoms with van der Waals surface area (Å²) < 4.78 is 21.1. The second kappa shape index (κ2) is 3.71. The van der Waals surface area contributed by atoms with Crippen LogP contribution >= 0.6 is 0 Å². The largest absolute Gasteiger partial charge is 0.489 e. The van der Waals surface area contributed by atoms with Gasteiger partial charge in [0.1, 0.15) is 0 Å². The summed E-state index contributed by atoms with van der Waals surface area (Å²) in [6, 6.07) is 5.73. The third kappa shape index (κ3) is 1.85. The van der Waals surface area contributed by atoms with E-state index in [2.05, 4.69) is 0 Å². The summed E-state index contributed by atoms with van der Waals surface area (Å²) in [5.41, 5.74) is 0.00797. The van der Waals surface area contributed by atoms with E-state index >= 15 is 0 Å². The van der Waals surface area contributed by atoms with Crippen molar-refractivity contribution in [3.05, 3.63) is 24.3 Å². The highest BCUT2D eigenvalue weighted by Crippen LogP contribution is 1.97. The van der Waals surface area contributed by atoms with Crippen molar-refractivity contribution in [1.29, 1.82) is 0 Å². The first-order valence-electron chi connectivity index (χ1n) is 3.22. The van der Waals surface area contributed by atoms with E-state index in [0.717, 1.165) is 0 Å². The third-order valence-corrected chi connectivity index (χ3v) is 2.21. The molecule has 0 unspecified atom stereocenters. The molecule has 0 saturated carbocycles. The van der Waals surface area contributed by atoms with Crippen molar-refractivity contribution in [2.24, 2.45) is 0 Å². The lowest BCUT2D eigenvalue weighted by Gasteiger charge is -2.00. The van der Waals surface area contributed by atoms with E-state index in [1.807, 2.05) is 0 Å². The fourth-order valence-electron chi connectivity index (χ4n) is 0.872. The average molecular weight is 186 g/mol. The van der Waals surface area contributed by atoms with Crippen LogP contribution in [0.15, 0.2) is 29.2 Å². The molecule has 12 heavy (non-hydrogen) atoms. The van der Waals surface area contributed by atoms with Crippen LogP contribution in [0.1, 0.15) is 0 Å². The Balaban J connectivity index is 3.27. The van der Waals surface area contributed by atoms with Crippen molar-refractivity contribution in [1.82, 2.24) is 0 Å². The maximum atomic E-state index is 10.5. The highest BCUT2D eigenvalue weighted by Gasteiger charge is 2.15. The van der Waals surface area contributed by atoms with Gasteiger partial charge >= 0.3 is 7.12 Å². The van der Waals surface area contributed by atoms with Gasteiger partial charge in [0.05, 0.1) is 4.90 Å². The van der Waals surface area contributed by atoms with Gasteiger partial charge in [0.2, 0.25) is 0 Å². The monoisotopic (exact) mass is 186 g/mol. The summed E-state index contributed by atoms with van der Waals surface area (Å²) >= 11 is 0. The SMILES string of the molecule is O=[SH](=O)c1ccccc1B(O)O. The first-order chi connectivity index (χ1) is 5.63. The van der Waals surface area contributed by atoms with Crippen LogP contribution in [0.5, 0.6) is 0 Å². The molecular weight excluding hydrogens is 179 g/mol. The minimum absolute atomic E-state index is 0.00797. The minimum atomic E-state index is -2.77. The minimum Gasteiger partial charge on any atom is -0.423 e. The average Bonchev–Trinajstić information content (AvgIpc) is 2.04. The number of benzene rings is 1. The normalized spacial score (nSPS) is 10.2. The first-order valence-corrected chi connectivity index (χ1v) is 4.40. The Bertz CT molecular complexity index is 339. The van der Waals surface area contributed by atoms with E-state index < -0.39 is 17.8 Å². The number of hydrogen-bond donors (Lipinski definition) is 3. The van der Waals surface area contributed by atoms with E-state index in [0.29, 0.717) is 0 Å². The van der Waals surface area contributed by atoms with Crippen LogP contribution in [0.25, 0.3) is 0 Å². The topological polar surface area (TPSA) is 74.6 Å². The van der Waals surface area contributed by atoms with Crippen LogP contribution in [0.3, 0.4) is 0 Å². The van der Waals surface area contributed by atoms with Crippen LogP contribution in [0, 0.1) is 0 Å². The molecule has 0 aliphatic heterocycles. The predicted octanol–water partition coefficient (Wildman–Crippen LogP) is -1.66. The molecule has 0 aromatic heterocycles. The summed E-state index contributed by atoms with van der Waals surface area (Å²) in [4.78, 5) is -0.0532. The summed E-state index contributed by atoms with van der Waals surface area (Å²) in [6.07, 6.45) is 0. The first kappa shape index (κ1) is 9.24. The molecular formula is C6H7BO4S. The molecule has 0 radical (unpaired) electrons. The maximum absolute atomic E-state index is 10.5. The lowest BCUT2D eigenvalue weighted by Crippen LogP contribution is -2.32. The van der Waals surface area contributed by atoms with E-state index in [4.69, 9.17) is 10.0 Å². The van der Waals surface area contributed by atoms with Gasteiger partial charge in [-0.15, -0.1) is 0 Å². The van der Waals surface area contributed by atoms with Crippen molar-refractivity contribution < 1.29 is 18.5 Å². The van der Waals surface area contributed by atoms with E-state index in [-0.39, 0.29) is 10.4 Å². The van der Waals surface area contributed by atoms with Gasteiger partial charge in [0.15, 0.2) is 10.7 Å². The molecule has 1 rings (SSSR count). The number of thiol groups is 1. The summed E-state index contributed by atoms with van der Waals surface area (Å²) in [5, 5.41) is 17.5. The second-order valence-electron chi connectivity index (χ2n) is 2.19. The van der Waals surface area contributed by atoms with Gasteiger partial charge in [0.25, 0.3) is 0 Å². The summed E-state index contributed by atoms with van der Waals surface area (Å²) in [7, 11) is -4.51. The summed E-state index contributed by atoms with van der Waals surface area (Å²) in [5.74, 6) is 0. The maximum Gasteiger partial charge on any atom is 0.489 e. The van der Waals surface area contributed by atoms with Gasteiger partial charge in [-0.25, -0.2) is 8.42 Å². The summed E-state index contributed by atoms with van der Waals surface area (Å²) in [6.45, 7) is 0. The standard InChI is InChI=1S/C6H7BO4S/c8-7(9)5-3-1-2-4-6(5)12(10)11/h1-4,8-9,12H. The van der Waals surface area contributed by atoms with Crippen molar-refractivity contribution in [2.45, 2.75) is 4.90 Å². The molecule has 0 spiro atoms. The fourth-order valence-corrected chi connectivity index (χ4v) is 1.48. The van der Waals surface area contributed by atoms with Crippen LogP contribution in [-0.4, -0.2) is 25.6 Å². The fraction of sp³-hybridized carbons (Fsp3) is 0. The van der Waals surface area contributed by atoms with Gasteiger partial charge in [0, 0.05) is 5.46 Å². The molecule has 0 aliphatic carbocycles. The predicted molar refractivity (Wildman–Crippen MR) is 44.8 cm³/mol. The molecule has 4 nitrogen and oxygen atoms in total. The second-order valence-corrected chi connectivity index (χ2v) is 3.19. The molecule has 0 fully saturated rings. The zero-order valence-electron chi connectivity index (χ0n) is 6.04. The van der Waals surface area contributed by atoms with E-state index in [1.165, 1.54) is 24.3 Å². The quantitative estimate of drug-likeness (QED) is 0.381. The van der Waals surface area contributed by atoms with Crippen LogP contribution in [0.4, 0.5) is 0 Å². The number of rotatable bonds is 2. The van der Waals surface area contributed by atoms with Crippen LogP contribution < -0.4 is 5.46 Å². The number of hydrogen-bond acceptors (Lipinski definition) is 4. The lowest BCUT2D eigenvalue weighted by molar-refractivity contribution is 0.424. The Morgan fingerprint density at radius 2 is 1.75 bits per heavy atom. The molecule has 64 valence electrons. The molecule has 0 amide bonds. The third-order valence-electron chi connectivity index (χ3n) is 1.41. The Labute approximate surface area is 71.6 Å². The zero-order valence-corrected chi connectivity index (χ0v) is 6.94. The highest BCUT2D eigenvalue weighted by atomic mass is 32.2. The van der Waals surface area contributed by atoms with Crippen molar-refractivity contribution in [3.63, 3.8) is 0 Å². The van der Waals surface area contributed by atoms with E-state index in [9.17, 15) is 8.42 Å². The van der Waals surface area contributed by atoms with Crippen LogP contribution in [0.2, 0.25) is 0 Å². The Morgan fingerprint density at radius 1 is 1.17 bits per heavy atom. The van der Waals surface area contributed by atoms with Gasteiger partial charge in [-0.1, -0.05) is 18.2 Å². The van der Waals surface area contributed by atoms with Gasteiger partial charge in [-0.3, -0.25) is 0 Å². The Morgan fingerprint density at radius 3 is 2.17 bits per heavy atom. The molecule has 1 aromatic carbocycles. The van der Waals surface area contributed by atoms with Crippen molar-refractivity contribution >= 4 is 23.3 Å². The van der Waals surface area contributed by atoms with Crippen molar-refractivity contribution in [2.75, 3.05) is 0 Å². The lowest BCUT2D eigenvalue weighted by atomic mass is 9.80. The Hall–Kier alpha value is -0.845. The molecule has 0 atom stereocenters. The molecule has 2 N–H and O–H groups in total. The smallest absolute Gasteiger partial charge is 0.423 e. The molecule has 0 heterocycles. The van der Waals surface area contributed by atoms with Gasteiger partial charge in [-0.05, 0) is 6.07 Å². The van der Waals surface area contributed by atoms with E-state index in [1.54, 1.807) is 0 Å². The molecule has 6 heteroatoms. The molecule has 0 aliphatic rings. The zero-order chi connectivity index (χ0) is 9.14. The molecule has 0 saturated heterocycles. The molecule has 0 bridgehead atoms.